The Hall–Kier alpha value is -0.950. The van der Waals surface area contributed by atoms with Crippen molar-refractivity contribution < 1.29 is 4.79 Å². The Kier molecular flexibility index (Phi) is 4.34. The van der Waals surface area contributed by atoms with Gasteiger partial charge in [0.2, 0.25) is 0 Å². The van der Waals surface area contributed by atoms with Crippen LogP contribution in [0.4, 0.5) is 9.93 Å². The lowest BCUT2D eigenvalue weighted by Gasteiger charge is -2.00. The summed E-state index contributed by atoms with van der Waals surface area (Å²) in [7, 11) is 0. The van der Waals surface area contributed by atoms with Crippen LogP contribution in [0.1, 0.15) is 0 Å². The fraction of sp³-hybridized carbons (Fsp3) is 0. The van der Waals surface area contributed by atoms with E-state index in [-0.39, 0.29) is 0 Å². The monoisotopic (exact) mass is 319 g/mol. The van der Waals surface area contributed by atoms with Crippen molar-refractivity contribution in [3.63, 3.8) is 0 Å². The molecule has 0 radical (unpaired) electrons. The maximum atomic E-state index is 10.7. The molecule has 2 rings (SSSR count). The Morgan fingerprint density at radius 2 is 2.17 bits per heavy atom. The number of hydrogen-bond acceptors (Lipinski definition) is 4. The van der Waals surface area contributed by atoms with E-state index >= 15 is 0 Å². The molecule has 0 aliphatic heterocycles. The summed E-state index contributed by atoms with van der Waals surface area (Å²) in [5.74, 6) is 0. The highest BCUT2D eigenvalue weighted by atomic mass is 35.5. The minimum atomic E-state index is -0.629. The van der Waals surface area contributed by atoms with Crippen LogP contribution in [0.5, 0.6) is 0 Å². The normalized spacial score (nSPS) is 10.3. The van der Waals surface area contributed by atoms with Gasteiger partial charge < -0.3 is 5.73 Å². The first-order chi connectivity index (χ1) is 8.54. The molecule has 1 aromatic heterocycles. The number of benzene rings is 1. The van der Waals surface area contributed by atoms with Crippen molar-refractivity contribution in [1.29, 1.82) is 0 Å². The van der Waals surface area contributed by atoms with Crippen LogP contribution in [0.25, 0.3) is 0 Å². The zero-order chi connectivity index (χ0) is 13.1. The molecule has 0 spiro atoms. The Bertz CT molecular complexity index is 588. The number of urea groups is 1. The summed E-state index contributed by atoms with van der Waals surface area (Å²) in [5.41, 5.74) is 5.00. The summed E-state index contributed by atoms with van der Waals surface area (Å²) in [6, 6.07) is 4.74. The van der Waals surface area contributed by atoms with Gasteiger partial charge >= 0.3 is 6.03 Å². The number of nitrogens with one attached hydrogen (secondary N) is 1. The number of carbonyl (C=O) groups is 1. The standard InChI is InChI=1S/C10H7Cl2N3OS2/c11-6-2-1-5(3-7(6)12)17-8-4-14-10(18-8)15-9(13)16/h1-4H,(H3,13,14,15,16). The molecule has 4 nitrogen and oxygen atoms in total. The van der Waals surface area contributed by atoms with E-state index in [2.05, 4.69) is 10.3 Å². The SMILES string of the molecule is NC(=O)Nc1ncc(Sc2ccc(Cl)c(Cl)c2)s1. The van der Waals surface area contributed by atoms with Crippen LogP contribution in [0, 0.1) is 0 Å². The van der Waals surface area contributed by atoms with Crippen molar-refractivity contribution in [1.82, 2.24) is 4.98 Å². The molecular formula is C10H7Cl2N3OS2. The molecule has 2 amide bonds. The number of nitrogens with zero attached hydrogens (tertiary/aromatic N) is 1. The lowest BCUT2D eigenvalue weighted by atomic mass is 10.4. The Labute approximate surface area is 121 Å². The van der Waals surface area contributed by atoms with E-state index in [9.17, 15) is 4.79 Å². The summed E-state index contributed by atoms with van der Waals surface area (Å²) >= 11 is 14.6. The highest BCUT2D eigenvalue weighted by Gasteiger charge is 2.06. The molecule has 0 fully saturated rings. The zero-order valence-corrected chi connectivity index (χ0v) is 12.0. The topological polar surface area (TPSA) is 68.0 Å². The van der Waals surface area contributed by atoms with Gasteiger partial charge in [-0.05, 0) is 18.2 Å². The van der Waals surface area contributed by atoms with E-state index < -0.39 is 6.03 Å². The van der Waals surface area contributed by atoms with Crippen molar-refractivity contribution in [2.24, 2.45) is 5.73 Å². The molecule has 0 saturated carbocycles. The van der Waals surface area contributed by atoms with E-state index in [4.69, 9.17) is 28.9 Å². The number of thiazole rings is 1. The van der Waals surface area contributed by atoms with Gasteiger partial charge in [-0.2, -0.15) is 0 Å². The molecule has 18 heavy (non-hydrogen) atoms. The van der Waals surface area contributed by atoms with E-state index in [1.54, 1.807) is 18.3 Å². The van der Waals surface area contributed by atoms with Crippen molar-refractivity contribution in [3.05, 3.63) is 34.4 Å². The lowest BCUT2D eigenvalue weighted by molar-refractivity contribution is 0.259. The number of primary amides is 1. The highest BCUT2D eigenvalue weighted by molar-refractivity contribution is 8.01. The molecule has 94 valence electrons. The maximum Gasteiger partial charge on any atom is 0.318 e. The van der Waals surface area contributed by atoms with Crippen LogP contribution in [-0.2, 0) is 0 Å². The number of aromatic nitrogens is 1. The molecule has 1 aromatic carbocycles. The number of anilines is 1. The second-order valence-electron chi connectivity index (χ2n) is 3.15. The van der Waals surface area contributed by atoms with Gasteiger partial charge in [0.15, 0.2) is 5.13 Å². The van der Waals surface area contributed by atoms with E-state index in [1.165, 1.54) is 23.1 Å². The van der Waals surface area contributed by atoms with Crippen LogP contribution in [0.15, 0.2) is 33.5 Å². The molecule has 0 atom stereocenters. The van der Waals surface area contributed by atoms with Crippen LogP contribution in [0.3, 0.4) is 0 Å². The molecule has 1 heterocycles. The maximum absolute atomic E-state index is 10.7. The van der Waals surface area contributed by atoms with Gasteiger partial charge in [-0.15, -0.1) is 0 Å². The van der Waals surface area contributed by atoms with Crippen molar-refractivity contribution in [2.75, 3.05) is 5.32 Å². The van der Waals surface area contributed by atoms with Crippen LogP contribution in [-0.4, -0.2) is 11.0 Å². The number of nitrogens with two attached hydrogens (primary N) is 1. The van der Waals surface area contributed by atoms with E-state index in [0.29, 0.717) is 15.2 Å². The van der Waals surface area contributed by atoms with Crippen LogP contribution >= 0.6 is 46.3 Å². The van der Waals surface area contributed by atoms with Crippen molar-refractivity contribution in [2.45, 2.75) is 9.10 Å². The molecular weight excluding hydrogens is 313 g/mol. The Morgan fingerprint density at radius 3 is 2.83 bits per heavy atom. The highest BCUT2D eigenvalue weighted by Crippen LogP contribution is 2.36. The van der Waals surface area contributed by atoms with Gasteiger partial charge in [-0.1, -0.05) is 46.3 Å². The molecule has 0 saturated heterocycles. The smallest absolute Gasteiger partial charge is 0.318 e. The predicted molar refractivity (Wildman–Crippen MR) is 75.9 cm³/mol. The third-order valence-electron chi connectivity index (χ3n) is 1.82. The predicted octanol–water partition coefficient (Wildman–Crippen LogP) is 4.09. The average Bonchev–Trinajstić information content (AvgIpc) is 2.70. The Balaban J connectivity index is 2.11. The molecule has 0 aliphatic rings. The number of hydrogen-bond donors (Lipinski definition) is 2. The fourth-order valence-corrected chi connectivity index (χ4v) is 3.38. The van der Waals surface area contributed by atoms with Gasteiger partial charge in [0.1, 0.15) is 0 Å². The molecule has 8 heteroatoms. The van der Waals surface area contributed by atoms with E-state index in [0.717, 1.165) is 9.10 Å². The van der Waals surface area contributed by atoms with E-state index in [1.807, 2.05) is 6.07 Å². The summed E-state index contributed by atoms with van der Waals surface area (Å²) in [4.78, 5) is 15.6. The Morgan fingerprint density at radius 1 is 1.39 bits per heavy atom. The third-order valence-corrected chi connectivity index (χ3v) is 4.57. The number of amides is 2. The summed E-state index contributed by atoms with van der Waals surface area (Å²) in [5, 5.41) is 3.90. The second-order valence-corrected chi connectivity index (χ2v) is 6.37. The van der Waals surface area contributed by atoms with Crippen molar-refractivity contribution >= 4 is 57.5 Å². The van der Waals surface area contributed by atoms with Gasteiger partial charge in [0.25, 0.3) is 0 Å². The molecule has 3 N–H and O–H groups in total. The molecule has 0 bridgehead atoms. The van der Waals surface area contributed by atoms with Crippen LogP contribution in [0.2, 0.25) is 10.0 Å². The van der Waals surface area contributed by atoms with Gasteiger partial charge in [-0.25, -0.2) is 9.78 Å². The first-order valence-corrected chi connectivity index (χ1v) is 7.08. The van der Waals surface area contributed by atoms with Crippen molar-refractivity contribution in [3.8, 4) is 0 Å². The minimum absolute atomic E-state index is 0.463. The van der Waals surface area contributed by atoms with Gasteiger partial charge in [0, 0.05) is 4.90 Å². The summed E-state index contributed by atoms with van der Waals surface area (Å²) in [6.07, 6.45) is 1.66. The quantitative estimate of drug-likeness (QED) is 0.895. The number of rotatable bonds is 3. The average molecular weight is 320 g/mol. The summed E-state index contributed by atoms with van der Waals surface area (Å²) in [6.45, 7) is 0. The third kappa shape index (κ3) is 3.52. The van der Waals surface area contributed by atoms with Gasteiger partial charge in [0.05, 0.1) is 20.5 Å². The number of halogens is 2. The van der Waals surface area contributed by atoms with Gasteiger partial charge in [-0.3, -0.25) is 5.32 Å². The lowest BCUT2D eigenvalue weighted by Crippen LogP contribution is -2.18. The summed E-state index contributed by atoms with van der Waals surface area (Å²) < 4.78 is 0.914. The molecule has 0 aliphatic carbocycles. The first kappa shape index (κ1) is 13.5. The molecule has 0 unspecified atom stereocenters. The number of carbonyl (C=O) groups excluding carboxylic acids is 1. The second kappa shape index (κ2) is 5.79. The zero-order valence-electron chi connectivity index (χ0n) is 8.81. The fourth-order valence-electron chi connectivity index (χ4n) is 1.13. The van der Waals surface area contributed by atoms with Crippen LogP contribution < -0.4 is 11.1 Å². The molecule has 2 aromatic rings. The largest absolute Gasteiger partial charge is 0.351 e. The minimum Gasteiger partial charge on any atom is -0.351 e. The first-order valence-electron chi connectivity index (χ1n) is 4.70.